The lowest BCUT2D eigenvalue weighted by Gasteiger charge is -1.87. The third-order valence-electron chi connectivity index (χ3n) is 1.35. The predicted octanol–water partition coefficient (Wildman–Crippen LogP) is 0.785. The van der Waals surface area contributed by atoms with Crippen molar-refractivity contribution in [3.63, 3.8) is 0 Å². The SMILES string of the molecule is O=c1[nH]cnn2nc(Br)c(I)c12. The van der Waals surface area contributed by atoms with Crippen molar-refractivity contribution < 1.29 is 0 Å². The van der Waals surface area contributed by atoms with E-state index in [2.05, 4.69) is 31.1 Å². The molecule has 0 aliphatic rings. The van der Waals surface area contributed by atoms with Gasteiger partial charge in [-0.25, -0.2) is 0 Å². The van der Waals surface area contributed by atoms with Crippen LogP contribution < -0.4 is 5.56 Å². The van der Waals surface area contributed by atoms with Crippen LogP contribution in [0.4, 0.5) is 0 Å². The standard InChI is InChI=1S/C5H2BrIN4O/c6-4-2(7)3-5(12)8-1-9-11(3)10-4/h1H,(H,8,9,12). The third kappa shape index (κ3) is 1.07. The first kappa shape index (κ1) is 8.17. The van der Waals surface area contributed by atoms with Gasteiger partial charge in [-0.05, 0) is 38.5 Å². The van der Waals surface area contributed by atoms with Crippen molar-refractivity contribution in [1.82, 2.24) is 19.8 Å². The lowest BCUT2D eigenvalue weighted by Crippen LogP contribution is -2.11. The summed E-state index contributed by atoms with van der Waals surface area (Å²) in [5.74, 6) is 0. The molecule has 0 saturated heterocycles. The van der Waals surface area contributed by atoms with Crippen molar-refractivity contribution >= 4 is 44.0 Å². The molecule has 7 heteroatoms. The maximum atomic E-state index is 11.2. The van der Waals surface area contributed by atoms with Gasteiger partial charge < -0.3 is 4.98 Å². The zero-order valence-electron chi connectivity index (χ0n) is 5.58. The molecule has 62 valence electrons. The molecule has 0 aromatic carbocycles. The maximum absolute atomic E-state index is 11.2. The van der Waals surface area contributed by atoms with Gasteiger partial charge in [-0.1, -0.05) is 0 Å². The topological polar surface area (TPSA) is 63.0 Å². The molecule has 0 unspecified atom stereocenters. The van der Waals surface area contributed by atoms with Crippen LogP contribution in [0.1, 0.15) is 0 Å². The first-order chi connectivity index (χ1) is 5.70. The van der Waals surface area contributed by atoms with Crippen molar-refractivity contribution in [2.24, 2.45) is 0 Å². The molecule has 0 atom stereocenters. The molecule has 0 bridgehead atoms. The Morgan fingerprint density at radius 3 is 3.08 bits per heavy atom. The fourth-order valence-electron chi connectivity index (χ4n) is 0.847. The Morgan fingerprint density at radius 2 is 2.42 bits per heavy atom. The Kier molecular flexibility index (Phi) is 1.91. The highest BCUT2D eigenvalue weighted by molar-refractivity contribution is 14.1. The summed E-state index contributed by atoms with van der Waals surface area (Å²) in [5, 5.41) is 7.81. The number of rotatable bonds is 0. The lowest BCUT2D eigenvalue weighted by molar-refractivity contribution is 0.767. The second-order valence-corrected chi connectivity index (χ2v) is 3.89. The zero-order chi connectivity index (χ0) is 8.72. The lowest BCUT2D eigenvalue weighted by atomic mass is 10.5. The Hall–Kier alpha value is -0.440. The van der Waals surface area contributed by atoms with Gasteiger partial charge in [-0.15, -0.1) is 14.8 Å². The van der Waals surface area contributed by atoms with Gasteiger partial charge in [0.15, 0.2) is 5.52 Å². The second kappa shape index (κ2) is 2.80. The zero-order valence-corrected chi connectivity index (χ0v) is 9.33. The largest absolute Gasteiger partial charge is 0.310 e. The summed E-state index contributed by atoms with van der Waals surface area (Å²) in [6, 6.07) is 0. The van der Waals surface area contributed by atoms with Crippen LogP contribution in [0, 0.1) is 3.57 Å². The van der Waals surface area contributed by atoms with Crippen LogP contribution in [0.25, 0.3) is 5.52 Å². The number of aromatic amines is 1. The molecule has 2 heterocycles. The minimum Gasteiger partial charge on any atom is -0.310 e. The van der Waals surface area contributed by atoms with E-state index in [1.54, 1.807) is 0 Å². The van der Waals surface area contributed by atoms with Crippen molar-refractivity contribution in [3.05, 3.63) is 24.9 Å². The van der Waals surface area contributed by atoms with E-state index in [-0.39, 0.29) is 5.56 Å². The average molecular weight is 341 g/mol. The predicted molar refractivity (Wildman–Crippen MR) is 54.0 cm³/mol. The summed E-state index contributed by atoms with van der Waals surface area (Å²) in [7, 11) is 0. The van der Waals surface area contributed by atoms with Gasteiger partial charge in [0.05, 0.1) is 3.57 Å². The summed E-state index contributed by atoms with van der Waals surface area (Å²) in [4.78, 5) is 13.7. The minimum atomic E-state index is -0.187. The first-order valence-corrected chi connectivity index (χ1v) is 4.85. The summed E-state index contributed by atoms with van der Waals surface area (Å²) in [6.07, 6.45) is 1.31. The number of halogens is 2. The van der Waals surface area contributed by atoms with Crippen LogP contribution >= 0.6 is 38.5 Å². The molecule has 0 spiro atoms. The Morgan fingerprint density at radius 1 is 1.67 bits per heavy atom. The summed E-state index contributed by atoms with van der Waals surface area (Å²) in [6.45, 7) is 0. The van der Waals surface area contributed by atoms with Crippen LogP contribution in [0.15, 0.2) is 15.7 Å². The number of H-pyrrole nitrogens is 1. The summed E-state index contributed by atoms with van der Waals surface area (Å²) >= 11 is 5.24. The molecule has 12 heavy (non-hydrogen) atoms. The number of nitrogens with zero attached hydrogens (tertiary/aromatic N) is 3. The fraction of sp³-hybridized carbons (Fsp3) is 0. The number of fused-ring (bicyclic) bond motifs is 1. The van der Waals surface area contributed by atoms with Crippen molar-refractivity contribution in [2.75, 3.05) is 0 Å². The molecule has 0 aliphatic heterocycles. The van der Waals surface area contributed by atoms with Crippen LogP contribution in [0.2, 0.25) is 0 Å². The molecule has 0 radical (unpaired) electrons. The van der Waals surface area contributed by atoms with Gasteiger partial charge in [0.25, 0.3) is 5.56 Å². The smallest absolute Gasteiger partial charge is 0.278 e. The van der Waals surface area contributed by atoms with Crippen molar-refractivity contribution in [1.29, 1.82) is 0 Å². The molecule has 2 aromatic rings. The van der Waals surface area contributed by atoms with E-state index in [1.165, 1.54) is 11.0 Å². The minimum absolute atomic E-state index is 0.187. The van der Waals surface area contributed by atoms with Gasteiger partial charge in [0.2, 0.25) is 0 Å². The number of hydrogen-bond donors (Lipinski definition) is 1. The number of hydrogen-bond acceptors (Lipinski definition) is 3. The van der Waals surface area contributed by atoms with Gasteiger partial charge >= 0.3 is 0 Å². The van der Waals surface area contributed by atoms with Gasteiger partial charge in [-0.3, -0.25) is 4.79 Å². The quantitative estimate of drug-likeness (QED) is 0.721. The fourth-order valence-corrected chi connectivity index (χ4v) is 1.75. The van der Waals surface area contributed by atoms with E-state index >= 15 is 0 Å². The van der Waals surface area contributed by atoms with Crippen LogP contribution in [0.5, 0.6) is 0 Å². The van der Waals surface area contributed by atoms with E-state index in [0.717, 1.165) is 3.57 Å². The second-order valence-electron chi connectivity index (χ2n) is 2.06. The molecule has 2 aromatic heterocycles. The highest BCUT2D eigenvalue weighted by Gasteiger charge is 2.10. The van der Waals surface area contributed by atoms with E-state index < -0.39 is 0 Å². The van der Waals surface area contributed by atoms with E-state index in [1.807, 2.05) is 22.6 Å². The van der Waals surface area contributed by atoms with Crippen LogP contribution in [-0.4, -0.2) is 19.8 Å². The van der Waals surface area contributed by atoms with Gasteiger partial charge in [-0.2, -0.15) is 0 Å². The van der Waals surface area contributed by atoms with Gasteiger partial charge in [0.1, 0.15) is 10.9 Å². The number of nitrogens with one attached hydrogen (secondary N) is 1. The van der Waals surface area contributed by atoms with Crippen LogP contribution in [-0.2, 0) is 0 Å². The van der Waals surface area contributed by atoms with E-state index in [0.29, 0.717) is 10.1 Å². The normalized spacial score (nSPS) is 10.8. The summed E-state index contributed by atoms with van der Waals surface area (Å²) in [5.41, 5.74) is 0.276. The van der Waals surface area contributed by atoms with E-state index in [9.17, 15) is 4.79 Å². The van der Waals surface area contributed by atoms with Gasteiger partial charge in [0, 0.05) is 0 Å². The highest BCUT2D eigenvalue weighted by Crippen LogP contribution is 2.18. The molecule has 2 rings (SSSR count). The highest BCUT2D eigenvalue weighted by atomic mass is 127. The molecule has 5 nitrogen and oxygen atoms in total. The Bertz CT molecular complexity index is 490. The molecular formula is C5H2BrIN4O. The number of aromatic nitrogens is 4. The molecule has 0 saturated carbocycles. The molecular weight excluding hydrogens is 339 g/mol. The molecule has 0 amide bonds. The van der Waals surface area contributed by atoms with Crippen molar-refractivity contribution in [2.45, 2.75) is 0 Å². The first-order valence-electron chi connectivity index (χ1n) is 2.98. The van der Waals surface area contributed by atoms with Crippen LogP contribution in [0.3, 0.4) is 0 Å². The molecule has 0 aliphatic carbocycles. The Balaban J connectivity index is 3.07. The molecule has 1 N–H and O–H groups in total. The average Bonchev–Trinajstić information content (AvgIpc) is 2.29. The summed E-state index contributed by atoms with van der Waals surface area (Å²) < 4.78 is 2.69. The Labute approximate surface area is 88.4 Å². The monoisotopic (exact) mass is 340 g/mol. The van der Waals surface area contributed by atoms with Crippen molar-refractivity contribution in [3.8, 4) is 0 Å². The molecule has 0 fully saturated rings. The maximum Gasteiger partial charge on any atom is 0.278 e. The van der Waals surface area contributed by atoms with E-state index in [4.69, 9.17) is 0 Å². The third-order valence-corrected chi connectivity index (χ3v) is 3.67.